The Morgan fingerprint density at radius 1 is 0.933 bits per heavy atom. The van der Waals surface area contributed by atoms with Crippen LogP contribution in [0.5, 0.6) is 5.75 Å². The molecule has 0 aliphatic carbocycles. The maximum Gasteiger partial charge on any atom is 0.125 e. The van der Waals surface area contributed by atoms with Crippen molar-refractivity contribution in [2.45, 2.75) is 6.92 Å². The summed E-state index contributed by atoms with van der Waals surface area (Å²) in [5.41, 5.74) is 2.11. The van der Waals surface area contributed by atoms with Gasteiger partial charge in [0.05, 0.1) is 7.11 Å². The molecule has 0 atom stereocenters. The Morgan fingerprint density at radius 2 is 1.53 bits per heavy atom. The SMILES string of the molecule is COc1ccc(-c2cnc(C)nc2)cc1. The standard InChI is InChI=1S/C12H12N2O/c1-9-13-7-11(8-14-9)10-3-5-12(15-2)6-4-10/h3-8H,1-2H3. The third-order valence-electron chi connectivity index (χ3n) is 2.20. The Kier molecular flexibility index (Phi) is 2.63. The van der Waals surface area contributed by atoms with E-state index in [4.69, 9.17) is 4.74 Å². The summed E-state index contributed by atoms with van der Waals surface area (Å²) in [6, 6.07) is 7.84. The highest BCUT2D eigenvalue weighted by Crippen LogP contribution is 2.20. The first-order valence-electron chi connectivity index (χ1n) is 4.72. The molecule has 1 heterocycles. The maximum absolute atomic E-state index is 5.09. The first kappa shape index (κ1) is 9.65. The lowest BCUT2D eigenvalue weighted by molar-refractivity contribution is 0.415. The van der Waals surface area contributed by atoms with E-state index >= 15 is 0 Å². The fourth-order valence-electron chi connectivity index (χ4n) is 1.33. The lowest BCUT2D eigenvalue weighted by atomic mass is 10.1. The van der Waals surface area contributed by atoms with Crippen molar-refractivity contribution in [3.63, 3.8) is 0 Å². The minimum Gasteiger partial charge on any atom is -0.497 e. The van der Waals surface area contributed by atoms with E-state index in [2.05, 4.69) is 9.97 Å². The second-order valence-corrected chi connectivity index (χ2v) is 3.25. The van der Waals surface area contributed by atoms with Gasteiger partial charge in [-0.05, 0) is 24.6 Å². The lowest BCUT2D eigenvalue weighted by Crippen LogP contribution is -1.88. The number of nitrogens with zero attached hydrogens (tertiary/aromatic N) is 2. The number of rotatable bonds is 2. The molecule has 0 bridgehead atoms. The second-order valence-electron chi connectivity index (χ2n) is 3.25. The van der Waals surface area contributed by atoms with Gasteiger partial charge in [-0.1, -0.05) is 12.1 Å². The highest BCUT2D eigenvalue weighted by molar-refractivity contribution is 5.62. The van der Waals surface area contributed by atoms with Crippen molar-refractivity contribution in [1.29, 1.82) is 0 Å². The molecule has 0 aliphatic rings. The zero-order chi connectivity index (χ0) is 10.7. The molecule has 0 radical (unpaired) electrons. The van der Waals surface area contributed by atoms with Gasteiger partial charge in [0.2, 0.25) is 0 Å². The van der Waals surface area contributed by atoms with Crippen LogP contribution in [0.3, 0.4) is 0 Å². The van der Waals surface area contributed by atoms with E-state index in [0.29, 0.717) is 0 Å². The fraction of sp³-hybridized carbons (Fsp3) is 0.167. The van der Waals surface area contributed by atoms with Crippen LogP contribution in [0.1, 0.15) is 5.82 Å². The topological polar surface area (TPSA) is 35.0 Å². The average molecular weight is 200 g/mol. The van der Waals surface area contributed by atoms with Crippen LogP contribution in [-0.4, -0.2) is 17.1 Å². The number of ether oxygens (including phenoxy) is 1. The molecule has 76 valence electrons. The van der Waals surface area contributed by atoms with Gasteiger partial charge in [-0.15, -0.1) is 0 Å². The summed E-state index contributed by atoms with van der Waals surface area (Å²) in [6.07, 6.45) is 3.65. The van der Waals surface area contributed by atoms with Gasteiger partial charge < -0.3 is 4.74 Å². The van der Waals surface area contributed by atoms with Crippen LogP contribution < -0.4 is 4.74 Å². The summed E-state index contributed by atoms with van der Waals surface area (Å²) in [6.45, 7) is 1.87. The summed E-state index contributed by atoms with van der Waals surface area (Å²) >= 11 is 0. The van der Waals surface area contributed by atoms with Crippen LogP contribution in [0.4, 0.5) is 0 Å². The second kappa shape index (κ2) is 4.09. The smallest absolute Gasteiger partial charge is 0.125 e. The normalized spacial score (nSPS) is 10.0. The van der Waals surface area contributed by atoms with Crippen molar-refractivity contribution in [2.24, 2.45) is 0 Å². The summed E-state index contributed by atoms with van der Waals surface area (Å²) < 4.78 is 5.09. The van der Waals surface area contributed by atoms with Crippen molar-refractivity contribution in [2.75, 3.05) is 7.11 Å². The first-order valence-corrected chi connectivity index (χ1v) is 4.72. The van der Waals surface area contributed by atoms with Gasteiger partial charge >= 0.3 is 0 Å². The van der Waals surface area contributed by atoms with Crippen LogP contribution in [0.25, 0.3) is 11.1 Å². The van der Waals surface area contributed by atoms with Gasteiger partial charge in [-0.2, -0.15) is 0 Å². The third-order valence-corrected chi connectivity index (χ3v) is 2.20. The molecule has 15 heavy (non-hydrogen) atoms. The molecule has 0 unspecified atom stereocenters. The summed E-state index contributed by atoms with van der Waals surface area (Å²) in [4.78, 5) is 8.31. The molecule has 0 fully saturated rings. The van der Waals surface area contributed by atoms with Crippen LogP contribution in [0.15, 0.2) is 36.7 Å². The first-order chi connectivity index (χ1) is 7.29. The Bertz CT molecular complexity index is 434. The van der Waals surface area contributed by atoms with Crippen LogP contribution >= 0.6 is 0 Å². The van der Waals surface area contributed by atoms with Gasteiger partial charge in [0.25, 0.3) is 0 Å². The molecule has 1 aromatic heterocycles. The van der Waals surface area contributed by atoms with Gasteiger partial charge in [-0.3, -0.25) is 0 Å². The van der Waals surface area contributed by atoms with Gasteiger partial charge in [-0.25, -0.2) is 9.97 Å². The quantitative estimate of drug-likeness (QED) is 0.747. The van der Waals surface area contributed by atoms with Crippen molar-refractivity contribution in [3.8, 4) is 16.9 Å². The molecular formula is C12H12N2O. The van der Waals surface area contributed by atoms with Crippen LogP contribution in [0.2, 0.25) is 0 Å². The van der Waals surface area contributed by atoms with Crippen molar-refractivity contribution in [3.05, 3.63) is 42.5 Å². The summed E-state index contributed by atoms with van der Waals surface area (Å²) in [5.74, 6) is 1.64. The maximum atomic E-state index is 5.09. The van der Waals surface area contributed by atoms with E-state index in [0.717, 1.165) is 22.7 Å². The van der Waals surface area contributed by atoms with E-state index < -0.39 is 0 Å². The minimum absolute atomic E-state index is 0.785. The summed E-state index contributed by atoms with van der Waals surface area (Å²) in [5, 5.41) is 0. The minimum atomic E-state index is 0.785. The predicted octanol–water partition coefficient (Wildman–Crippen LogP) is 2.46. The molecule has 2 aromatic rings. The van der Waals surface area contributed by atoms with Crippen LogP contribution in [-0.2, 0) is 0 Å². The number of benzene rings is 1. The van der Waals surface area contributed by atoms with E-state index in [1.54, 1.807) is 7.11 Å². The Hall–Kier alpha value is -1.90. The average Bonchev–Trinajstić information content (AvgIpc) is 2.30. The van der Waals surface area contributed by atoms with E-state index in [9.17, 15) is 0 Å². The monoisotopic (exact) mass is 200 g/mol. The molecule has 0 saturated carbocycles. The molecule has 1 aromatic carbocycles. The molecule has 2 rings (SSSR count). The molecular weight excluding hydrogens is 188 g/mol. The Labute approximate surface area is 88.8 Å². The van der Waals surface area contributed by atoms with Crippen LogP contribution in [0, 0.1) is 6.92 Å². The van der Waals surface area contributed by atoms with Gasteiger partial charge in [0, 0.05) is 18.0 Å². The van der Waals surface area contributed by atoms with Crippen molar-refractivity contribution < 1.29 is 4.74 Å². The number of hydrogen-bond donors (Lipinski definition) is 0. The Morgan fingerprint density at radius 3 is 2.07 bits per heavy atom. The third kappa shape index (κ3) is 2.13. The molecule has 0 spiro atoms. The molecule has 0 saturated heterocycles. The van der Waals surface area contributed by atoms with E-state index in [1.807, 2.05) is 43.6 Å². The van der Waals surface area contributed by atoms with E-state index in [-0.39, 0.29) is 0 Å². The summed E-state index contributed by atoms with van der Waals surface area (Å²) in [7, 11) is 1.66. The van der Waals surface area contributed by atoms with Crippen molar-refractivity contribution in [1.82, 2.24) is 9.97 Å². The van der Waals surface area contributed by atoms with Gasteiger partial charge in [0.1, 0.15) is 11.6 Å². The van der Waals surface area contributed by atoms with E-state index in [1.165, 1.54) is 0 Å². The Balaban J connectivity index is 2.33. The molecule has 3 heteroatoms. The zero-order valence-corrected chi connectivity index (χ0v) is 8.77. The number of methoxy groups -OCH3 is 1. The molecule has 3 nitrogen and oxygen atoms in total. The highest BCUT2D eigenvalue weighted by Gasteiger charge is 1.98. The van der Waals surface area contributed by atoms with Gasteiger partial charge in [0.15, 0.2) is 0 Å². The number of hydrogen-bond acceptors (Lipinski definition) is 3. The largest absolute Gasteiger partial charge is 0.497 e. The number of aryl methyl sites for hydroxylation is 1. The highest BCUT2D eigenvalue weighted by atomic mass is 16.5. The lowest BCUT2D eigenvalue weighted by Gasteiger charge is -2.02. The predicted molar refractivity (Wildman–Crippen MR) is 58.8 cm³/mol. The fourth-order valence-corrected chi connectivity index (χ4v) is 1.33. The molecule has 0 amide bonds. The van der Waals surface area contributed by atoms with Crippen molar-refractivity contribution >= 4 is 0 Å². The zero-order valence-electron chi connectivity index (χ0n) is 8.77. The molecule has 0 aliphatic heterocycles. The number of aromatic nitrogens is 2. The molecule has 0 N–H and O–H groups in total.